The summed E-state index contributed by atoms with van der Waals surface area (Å²) in [4.78, 5) is 10.7. The van der Waals surface area contributed by atoms with Crippen LogP contribution >= 0.6 is 0 Å². The van der Waals surface area contributed by atoms with Crippen molar-refractivity contribution in [1.29, 1.82) is 0 Å². The number of benzene rings is 4. The van der Waals surface area contributed by atoms with Gasteiger partial charge in [0.15, 0.2) is 6.29 Å². The second kappa shape index (κ2) is 13.4. The Labute approximate surface area is 214 Å². The molecule has 0 aliphatic heterocycles. The second-order valence-corrected chi connectivity index (χ2v) is 8.63. The van der Waals surface area contributed by atoms with Crippen LogP contribution in [-0.4, -0.2) is 20.2 Å². The maximum atomic E-state index is 10.7. The molecular formula is C32H34O4. The van der Waals surface area contributed by atoms with Crippen LogP contribution in [0.2, 0.25) is 0 Å². The molecule has 4 nitrogen and oxygen atoms in total. The standard InChI is InChI=1S/C16H16O2.C16H18O2/c1-12-3-7-15(8-4-12)16-9-5-14(6-10-16)11-18-13(2)17;1-12-4-6-13(7-5-12)14-8-10-15(11-9-14)16(17-2)18-3/h3-10H,11H2,1-2H3;4-11,16H,1-3H3. The van der Waals surface area contributed by atoms with Gasteiger partial charge in [0.2, 0.25) is 0 Å². The van der Waals surface area contributed by atoms with E-state index in [0.29, 0.717) is 6.61 Å². The van der Waals surface area contributed by atoms with Crippen molar-refractivity contribution in [3.8, 4) is 22.3 Å². The molecule has 0 atom stereocenters. The quantitative estimate of drug-likeness (QED) is 0.200. The van der Waals surface area contributed by atoms with Crippen molar-refractivity contribution in [3.63, 3.8) is 0 Å². The van der Waals surface area contributed by atoms with Crippen molar-refractivity contribution in [2.45, 2.75) is 33.7 Å². The number of aryl methyl sites for hydroxylation is 2. The van der Waals surface area contributed by atoms with Crippen molar-refractivity contribution in [2.75, 3.05) is 14.2 Å². The van der Waals surface area contributed by atoms with E-state index in [1.54, 1.807) is 14.2 Å². The molecule has 0 fully saturated rings. The molecule has 0 saturated heterocycles. The van der Waals surface area contributed by atoms with E-state index in [0.717, 1.165) is 11.1 Å². The zero-order valence-electron chi connectivity index (χ0n) is 21.7. The topological polar surface area (TPSA) is 44.8 Å². The van der Waals surface area contributed by atoms with Gasteiger partial charge in [-0.05, 0) is 41.7 Å². The zero-order chi connectivity index (χ0) is 25.9. The molecule has 0 saturated carbocycles. The number of carbonyl (C=O) groups is 1. The Hall–Kier alpha value is -3.73. The van der Waals surface area contributed by atoms with Crippen molar-refractivity contribution >= 4 is 5.97 Å². The molecule has 0 N–H and O–H groups in total. The number of hydrogen-bond donors (Lipinski definition) is 0. The number of esters is 1. The predicted octanol–water partition coefficient (Wildman–Crippen LogP) is 7.68. The highest BCUT2D eigenvalue weighted by Crippen LogP contribution is 2.24. The minimum Gasteiger partial charge on any atom is -0.461 e. The monoisotopic (exact) mass is 482 g/mol. The third kappa shape index (κ3) is 7.91. The number of rotatable bonds is 7. The summed E-state index contributed by atoms with van der Waals surface area (Å²) in [6, 6.07) is 33.2. The van der Waals surface area contributed by atoms with Crippen LogP contribution in [0.25, 0.3) is 22.3 Å². The number of methoxy groups -OCH3 is 2. The molecule has 186 valence electrons. The van der Waals surface area contributed by atoms with Gasteiger partial charge in [0.25, 0.3) is 0 Å². The van der Waals surface area contributed by atoms with Crippen LogP contribution in [0.4, 0.5) is 0 Å². The van der Waals surface area contributed by atoms with E-state index in [1.807, 2.05) is 36.4 Å². The molecule has 4 aromatic carbocycles. The summed E-state index contributed by atoms with van der Waals surface area (Å²) in [5, 5.41) is 0. The van der Waals surface area contributed by atoms with Crippen LogP contribution in [-0.2, 0) is 25.6 Å². The van der Waals surface area contributed by atoms with E-state index >= 15 is 0 Å². The highest BCUT2D eigenvalue weighted by molar-refractivity contribution is 5.66. The molecule has 0 unspecified atom stereocenters. The van der Waals surface area contributed by atoms with Gasteiger partial charge in [-0.25, -0.2) is 0 Å². The Morgan fingerprint density at radius 2 is 0.972 bits per heavy atom. The first-order valence-corrected chi connectivity index (χ1v) is 11.9. The summed E-state index contributed by atoms with van der Waals surface area (Å²) in [5.41, 5.74) is 9.33. The van der Waals surface area contributed by atoms with E-state index in [-0.39, 0.29) is 12.3 Å². The Morgan fingerprint density at radius 3 is 1.33 bits per heavy atom. The van der Waals surface area contributed by atoms with Crippen LogP contribution < -0.4 is 0 Å². The summed E-state index contributed by atoms with van der Waals surface area (Å²) in [6.07, 6.45) is -0.294. The van der Waals surface area contributed by atoms with Crippen LogP contribution in [0.3, 0.4) is 0 Å². The van der Waals surface area contributed by atoms with Crippen molar-refractivity contribution in [1.82, 2.24) is 0 Å². The first-order valence-electron chi connectivity index (χ1n) is 11.9. The summed E-state index contributed by atoms with van der Waals surface area (Å²) >= 11 is 0. The van der Waals surface area contributed by atoms with Gasteiger partial charge in [-0.3, -0.25) is 4.79 Å². The van der Waals surface area contributed by atoms with Gasteiger partial charge in [0.1, 0.15) is 6.61 Å². The molecule has 0 radical (unpaired) electrons. The van der Waals surface area contributed by atoms with Gasteiger partial charge in [-0.15, -0.1) is 0 Å². The van der Waals surface area contributed by atoms with Crippen LogP contribution in [0.15, 0.2) is 97.1 Å². The van der Waals surface area contributed by atoms with Crippen LogP contribution in [0.1, 0.15) is 35.5 Å². The van der Waals surface area contributed by atoms with Crippen molar-refractivity contribution < 1.29 is 19.0 Å². The lowest BCUT2D eigenvalue weighted by molar-refractivity contribution is -0.142. The molecule has 0 spiro atoms. The van der Waals surface area contributed by atoms with Crippen LogP contribution in [0.5, 0.6) is 0 Å². The highest BCUT2D eigenvalue weighted by atomic mass is 16.7. The first kappa shape index (κ1) is 26.9. The molecule has 0 bridgehead atoms. The molecule has 4 rings (SSSR count). The van der Waals surface area contributed by atoms with Crippen molar-refractivity contribution in [3.05, 3.63) is 119 Å². The zero-order valence-corrected chi connectivity index (χ0v) is 21.7. The summed E-state index contributed by atoms with van der Waals surface area (Å²) < 4.78 is 15.4. The second-order valence-electron chi connectivity index (χ2n) is 8.63. The van der Waals surface area contributed by atoms with Gasteiger partial charge in [-0.1, -0.05) is 108 Å². The molecule has 4 heteroatoms. The maximum Gasteiger partial charge on any atom is 0.302 e. The molecular weight excluding hydrogens is 448 g/mol. The van der Waals surface area contributed by atoms with Crippen molar-refractivity contribution in [2.24, 2.45) is 0 Å². The van der Waals surface area contributed by atoms with Gasteiger partial charge in [0.05, 0.1) is 0 Å². The SMILES string of the molecule is CC(=O)OCc1ccc(-c2ccc(C)cc2)cc1.COC(OC)c1ccc(-c2ccc(C)cc2)cc1. The Balaban J connectivity index is 0.000000201. The van der Waals surface area contributed by atoms with E-state index in [2.05, 4.69) is 74.5 Å². The van der Waals surface area contributed by atoms with Gasteiger partial charge in [0, 0.05) is 26.7 Å². The fourth-order valence-corrected chi connectivity index (χ4v) is 3.67. The Kier molecular flexibility index (Phi) is 9.99. The lowest BCUT2D eigenvalue weighted by Gasteiger charge is -2.14. The van der Waals surface area contributed by atoms with Crippen LogP contribution in [0, 0.1) is 13.8 Å². The number of carbonyl (C=O) groups excluding carboxylic acids is 1. The number of hydrogen-bond acceptors (Lipinski definition) is 4. The summed E-state index contributed by atoms with van der Waals surface area (Å²) in [5.74, 6) is -0.252. The molecule has 0 aliphatic rings. The average molecular weight is 483 g/mol. The van der Waals surface area contributed by atoms with E-state index < -0.39 is 0 Å². The normalized spacial score (nSPS) is 10.5. The number of ether oxygens (including phenoxy) is 3. The highest BCUT2D eigenvalue weighted by Gasteiger charge is 2.08. The summed E-state index contributed by atoms with van der Waals surface area (Å²) in [6.45, 7) is 5.92. The third-order valence-corrected chi connectivity index (χ3v) is 5.78. The first-order chi connectivity index (χ1) is 17.4. The Bertz CT molecular complexity index is 1210. The van der Waals surface area contributed by atoms with Gasteiger partial charge in [-0.2, -0.15) is 0 Å². The summed E-state index contributed by atoms with van der Waals surface area (Å²) in [7, 11) is 3.28. The molecule has 0 aliphatic carbocycles. The smallest absolute Gasteiger partial charge is 0.302 e. The largest absolute Gasteiger partial charge is 0.461 e. The minimum atomic E-state index is -0.294. The predicted molar refractivity (Wildman–Crippen MR) is 145 cm³/mol. The molecule has 0 aromatic heterocycles. The lowest BCUT2D eigenvalue weighted by atomic mass is 10.0. The fraction of sp³-hybridized carbons (Fsp3) is 0.219. The van der Waals surface area contributed by atoms with E-state index in [1.165, 1.54) is 40.3 Å². The van der Waals surface area contributed by atoms with E-state index in [4.69, 9.17) is 14.2 Å². The average Bonchev–Trinajstić information content (AvgIpc) is 2.90. The van der Waals surface area contributed by atoms with Gasteiger partial charge < -0.3 is 14.2 Å². The fourth-order valence-electron chi connectivity index (χ4n) is 3.67. The lowest BCUT2D eigenvalue weighted by Crippen LogP contribution is -2.03. The molecule has 36 heavy (non-hydrogen) atoms. The minimum absolute atomic E-state index is 0.252. The third-order valence-electron chi connectivity index (χ3n) is 5.78. The van der Waals surface area contributed by atoms with Gasteiger partial charge >= 0.3 is 5.97 Å². The molecule has 4 aromatic rings. The molecule has 0 heterocycles. The Morgan fingerprint density at radius 1 is 0.611 bits per heavy atom. The maximum absolute atomic E-state index is 10.7. The van der Waals surface area contributed by atoms with E-state index in [9.17, 15) is 4.79 Å². The molecule has 0 amide bonds.